The van der Waals surface area contributed by atoms with Gasteiger partial charge in [0.1, 0.15) is 5.56 Å². The van der Waals surface area contributed by atoms with Crippen LogP contribution in [0.3, 0.4) is 0 Å². The maximum Gasteiger partial charge on any atom is 0.344 e. The van der Waals surface area contributed by atoms with Crippen LogP contribution in [0.4, 0.5) is 5.69 Å². The number of carbonyl (C=O) groups is 3. The average molecular weight is 358 g/mol. The number of nitrogens with zero attached hydrogens (tertiary/aromatic N) is 1. The number of Topliss-reactive ketones (excluding diaryl/α,β-unsaturated/α-hetero) is 1. The van der Waals surface area contributed by atoms with E-state index in [9.17, 15) is 14.4 Å². The van der Waals surface area contributed by atoms with Crippen LogP contribution in [0.25, 0.3) is 0 Å². The van der Waals surface area contributed by atoms with Gasteiger partial charge in [-0.15, -0.1) is 0 Å². The summed E-state index contributed by atoms with van der Waals surface area (Å²) >= 11 is 0. The first-order valence-electron chi connectivity index (χ1n) is 8.29. The molecule has 1 heterocycles. The highest BCUT2D eigenvalue weighted by Crippen LogP contribution is 2.23. The van der Waals surface area contributed by atoms with E-state index in [-0.39, 0.29) is 17.3 Å². The van der Waals surface area contributed by atoms with Crippen molar-refractivity contribution in [2.45, 2.75) is 46.6 Å². The molecule has 1 N–H and O–H groups in total. The molecule has 1 aromatic carbocycles. The van der Waals surface area contributed by atoms with Crippen molar-refractivity contribution in [2.24, 2.45) is 0 Å². The molecule has 0 aliphatic rings. The number of hydrogen-bond acceptors (Lipinski definition) is 6. The Hall–Kier alpha value is -2.96. The molecule has 2 rings (SSSR count). The van der Waals surface area contributed by atoms with Crippen molar-refractivity contribution in [3.05, 3.63) is 46.8 Å². The molecule has 0 fully saturated rings. The summed E-state index contributed by atoms with van der Waals surface area (Å²) in [6, 6.07) is 6.54. The molecule has 0 bridgehead atoms. The smallest absolute Gasteiger partial charge is 0.344 e. The SMILES string of the molecule is CC(=O)c1cccc(NC(=O)[C@@H](C)OC(=O)c2c(C)noc2C(C)C)c1. The summed E-state index contributed by atoms with van der Waals surface area (Å²) in [7, 11) is 0. The lowest BCUT2D eigenvalue weighted by Gasteiger charge is -2.14. The number of rotatable bonds is 6. The van der Waals surface area contributed by atoms with Crippen LogP contribution in [-0.2, 0) is 9.53 Å². The number of amides is 1. The first kappa shape index (κ1) is 19.4. The average Bonchev–Trinajstić information content (AvgIpc) is 2.96. The first-order chi connectivity index (χ1) is 12.2. The summed E-state index contributed by atoms with van der Waals surface area (Å²) < 4.78 is 10.4. The van der Waals surface area contributed by atoms with E-state index in [0.717, 1.165) is 0 Å². The molecule has 1 atom stereocenters. The van der Waals surface area contributed by atoms with E-state index >= 15 is 0 Å². The first-order valence-corrected chi connectivity index (χ1v) is 8.29. The topological polar surface area (TPSA) is 98.5 Å². The van der Waals surface area contributed by atoms with Gasteiger partial charge in [0.05, 0.1) is 5.69 Å². The highest BCUT2D eigenvalue weighted by molar-refractivity contribution is 5.99. The molecule has 0 saturated heterocycles. The van der Waals surface area contributed by atoms with Crippen LogP contribution in [0.2, 0.25) is 0 Å². The van der Waals surface area contributed by atoms with Crippen LogP contribution in [0, 0.1) is 6.92 Å². The van der Waals surface area contributed by atoms with Crippen molar-refractivity contribution in [1.82, 2.24) is 5.16 Å². The number of ether oxygens (including phenoxy) is 1. The van der Waals surface area contributed by atoms with Crippen LogP contribution in [-0.4, -0.2) is 28.9 Å². The Labute approximate surface area is 151 Å². The number of esters is 1. The van der Waals surface area contributed by atoms with Crippen molar-refractivity contribution in [1.29, 1.82) is 0 Å². The Kier molecular flexibility index (Phi) is 5.92. The molecule has 0 aliphatic heterocycles. The zero-order chi connectivity index (χ0) is 19.4. The maximum absolute atomic E-state index is 12.4. The number of aryl methyl sites for hydroxylation is 1. The summed E-state index contributed by atoms with van der Waals surface area (Å²) in [6.07, 6.45) is -1.03. The molecule has 0 aliphatic carbocycles. The maximum atomic E-state index is 12.4. The number of carbonyl (C=O) groups excluding carboxylic acids is 3. The van der Waals surface area contributed by atoms with Crippen molar-refractivity contribution in [3.8, 4) is 0 Å². The molecule has 26 heavy (non-hydrogen) atoms. The van der Waals surface area contributed by atoms with Gasteiger partial charge in [-0.25, -0.2) is 4.79 Å². The van der Waals surface area contributed by atoms with Gasteiger partial charge in [0, 0.05) is 17.2 Å². The molecule has 1 aromatic heterocycles. The predicted octanol–water partition coefficient (Wildman–Crippen LogP) is 3.49. The monoisotopic (exact) mass is 358 g/mol. The molecule has 0 unspecified atom stereocenters. The van der Waals surface area contributed by atoms with Gasteiger partial charge in [0.2, 0.25) is 0 Å². The van der Waals surface area contributed by atoms with Gasteiger partial charge >= 0.3 is 5.97 Å². The third kappa shape index (κ3) is 4.36. The molecule has 2 aromatic rings. The van der Waals surface area contributed by atoms with Gasteiger partial charge in [0.15, 0.2) is 17.6 Å². The minimum Gasteiger partial charge on any atom is -0.449 e. The van der Waals surface area contributed by atoms with E-state index in [2.05, 4.69) is 10.5 Å². The Balaban J connectivity index is 2.08. The van der Waals surface area contributed by atoms with Crippen molar-refractivity contribution < 1.29 is 23.6 Å². The second-order valence-electron chi connectivity index (χ2n) is 6.34. The highest BCUT2D eigenvalue weighted by atomic mass is 16.5. The molecule has 7 heteroatoms. The fourth-order valence-corrected chi connectivity index (χ4v) is 2.36. The zero-order valence-corrected chi connectivity index (χ0v) is 15.5. The summed E-state index contributed by atoms with van der Waals surface area (Å²) in [5.74, 6) is -0.886. The fraction of sp³-hybridized carbons (Fsp3) is 0.368. The largest absolute Gasteiger partial charge is 0.449 e. The number of benzene rings is 1. The molecule has 1 amide bonds. The molecular formula is C19H22N2O5. The predicted molar refractivity (Wildman–Crippen MR) is 95.3 cm³/mol. The van der Waals surface area contributed by atoms with Crippen LogP contribution in [0.5, 0.6) is 0 Å². The van der Waals surface area contributed by atoms with Gasteiger partial charge in [0.25, 0.3) is 5.91 Å². The number of aromatic nitrogens is 1. The third-order valence-corrected chi connectivity index (χ3v) is 3.81. The lowest BCUT2D eigenvalue weighted by molar-refractivity contribution is -0.123. The molecule has 138 valence electrons. The third-order valence-electron chi connectivity index (χ3n) is 3.81. The fourth-order valence-electron chi connectivity index (χ4n) is 2.36. The highest BCUT2D eigenvalue weighted by Gasteiger charge is 2.27. The van der Waals surface area contributed by atoms with Gasteiger partial charge in [-0.3, -0.25) is 9.59 Å². The minimum absolute atomic E-state index is 0.0443. The Morgan fingerprint density at radius 2 is 1.88 bits per heavy atom. The van der Waals surface area contributed by atoms with Crippen molar-refractivity contribution in [3.63, 3.8) is 0 Å². The van der Waals surface area contributed by atoms with E-state index in [1.54, 1.807) is 31.2 Å². The van der Waals surface area contributed by atoms with E-state index < -0.39 is 18.0 Å². The summed E-state index contributed by atoms with van der Waals surface area (Å²) in [4.78, 5) is 36.1. The lowest BCUT2D eigenvalue weighted by Crippen LogP contribution is -2.30. The number of hydrogen-bond donors (Lipinski definition) is 1. The zero-order valence-electron chi connectivity index (χ0n) is 15.5. The molecule has 7 nitrogen and oxygen atoms in total. The van der Waals surface area contributed by atoms with Crippen molar-refractivity contribution >= 4 is 23.3 Å². The molecule has 0 radical (unpaired) electrons. The second-order valence-corrected chi connectivity index (χ2v) is 6.34. The molecular weight excluding hydrogens is 336 g/mol. The number of ketones is 1. The van der Waals surface area contributed by atoms with Crippen LogP contribution >= 0.6 is 0 Å². The van der Waals surface area contributed by atoms with Crippen molar-refractivity contribution in [2.75, 3.05) is 5.32 Å². The number of nitrogens with one attached hydrogen (secondary N) is 1. The Morgan fingerprint density at radius 3 is 2.50 bits per heavy atom. The van der Waals surface area contributed by atoms with E-state index in [1.165, 1.54) is 13.8 Å². The van der Waals surface area contributed by atoms with Gasteiger partial charge < -0.3 is 14.6 Å². The van der Waals surface area contributed by atoms with Crippen LogP contribution < -0.4 is 5.32 Å². The summed E-state index contributed by atoms with van der Waals surface area (Å²) in [5.41, 5.74) is 1.60. The number of anilines is 1. The van der Waals surface area contributed by atoms with E-state index in [1.807, 2.05) is 13.8 Å². The van der Waals surface area contributed by atoms with Gasteiger partial charge in [-0.1, -0.05) is 31.1 Å². The quantitative estimate of drug-likeness (QED) is 0.627. The minimum atomic E-state index is -1.03. The summed E-state index contributed by atoms with van der Waals surface area (Å²) in [6.45, 7) is 8.30. The summed E-state index contributed by atoms with van der Waals surface area (Å²) in [5, 5.41) is 6.43. The van der Waals surface area contributed by atoms with Gasteiger partial charge in [-0.2, -0.15) is 0 Å². The van der Waals surface area contributed by atoms with E-state index in [4.69, 9.17) is 9.26 Å². The Morgan fingerprint density at radius 1 is 1.19 bits per heavy atom. The van der Waals surface area contributed by atoms with E-state index in [0.29, 0.717) is 22.7 Å². The molecule has 0 saturated carbocycles. The second kappa shape index (κ2) is 7.95. The van der Waals surface area contributed by atoms with Gasteiger partial charge in [-0.05, 0) is 32.9 Å². The standard InChI is InChI=1S/C19H22N2O5/c1-10(2)17-16(11(3)21-26-17)19(24)25-13(5)18(23)20-15-8-6-7-14(9-15)12(4)22/h6-10,13H,1-5H3,(H,20,23)/t13-/m1/s1. The van der Waals surface area contributed by atoms with Crippen LogP contribution in [0.1, 0.15) is 65.8 Å². The molecule has 0 spiro atoms. The van der Waals surface area contributed by atoms with Crippen LogP contribution in [0.15, 0.2) is 28.8 Å². The lowest BCUT2D eigenvalue weighted by atomic mass is 10.1. The Bertz CT molecular complexity index is 838. The normalized spacial score (nSPS) is 11.9.